The van der Waals surface area contributed by atoms with Crippen molar-refractivity contribution in [3.63, 3.8) is 0 Å². The van der Waals surface area contributed by atoms with Gasteiger partial charge < -0.3 is 10.1 Å². The Morgan fingerprint density at radius 2 is 1.96 bits per heavy atom. The zero-order valence-corrected chi connectivity index (χ0v) is 16.4. The van der Waals surface area contributed by atoms with Crippen molar-refractivity contribution in [1.82, 2.24) is 19.8 Å². The molecule has 1 aliphatic rings. The molecular formula is C17H25ClN4O3S. The van der Waals surface area contributed by atoms with Crippen LogP contribution in [0.5, 0.6) is 0 Å². The van der Waals surface area contributed by atoms with Crippen molar-refractivity contribution in [1.29, 1.82) is 0 Å². The Kier molecular flexibility index (Phi) is 7.19. The highest BCUT2D eigenvalue weighted by atomic mass is 35.5. The molecule has 0 aliphatic carbocycles. The molecule has 2 N–H and O–H groups in total. The summed E-state index contributed by atoms with van der Waals surface area (Å²) >= 11 is 0. The van der Waals surface area contributed by atoms with Gasteiger partial charge in [-0.3, -0.25) is 0 Å². The first-order valence-electron chi connectivity index (χ1n) is 8.34. The lowest BCUT2D eigenvalue weighted by molar-refractivity contribution is 0.0577. The van der Waals surface area contributed by atoms with Crippen molar-refractivity contribution in [2.24, 2.45) is 5.41 Å². The minimum Gasteiger partial charge on any atom is -0.384 e. The van der Waals surface area contributed by atoms with E-state index in [2.05, 4.69) is 15.1 Å². The van der Waals surface area contributed by atoms with E-state index in [0.717, 1.165) is 31.6 Å². The third-order valence-corrected chi connectivity index (χ3v) is 6.00. The van der Waals surface area contributed by atoms with E-state index in [0.29, 0.717) is 13.2 Å². The number of benzene rings is 1. The normalized spacial score (nSPS) is 16.8. The smallest absolute Gasteiger partial charge is 0.243 e. The van der Waals surface area contributed by atoms with Crippen LogP contribution in [-0.4, -0.2) is 51.5 Å². The third kappa shape index (κ3) is 4.83. The van der Waals surface area contributed by atoms with Gasteiger partial charge in [0.1, 0.15) is 4.90 Å². The maximum absolute atomic E-state index is 12.6. The number of aromatic nitrogens is 2. The van der Waals surface area contributed by atoms with Gasteiger partial charge in [-0.1, -0.05) is 18.2 Å². The van der Waals surface area contributed by atoms with Crippen LogP contribution >= 0.6 is 12.4 Å². The summed E-state index contributed by atoms with van der Waals surface area (Å²) in [7, 11) is -1.96. The largest absolute Gasteiger partial charge is 0.384 e. The second-order valence-corrected chi connectivity index (χ2v) is 8.23. The summed E-state index contributed by atoms with van der Waals surface area (Å²) in [5, 5.41) is 7.47. The van der Waals surface area contributed by atoms with Crippen molar-refractivity contribution in [2.45, 2.75) is 17.7 Å². The first-order valence-corrected chi connectivity index (χ1v) is 9.82. The lowest BCUT2D eigenvalue weighted by atomic mass is 9.80. The van der Waals surface area contributed by atoms with E-state index in [9.17, 15) is 8.42 Å². The molecule has 1 aliphatic heterocycles. The molecular weight excluding hydrogens is 376 g/mol. The molecule has 1 aromatic carbocycles. The summed E-state index contributed by atoms with van der Waals surface area (Å²) < 4.78 is 34.9. The van der Waals surface area contributed by atoms with Gasteiger partial charge >= 0.3 is 0 Å². The fourth-order valence-electron chi connectivity index (χ4n) is 3.13. The van der Waals surface area contributed by atoms with Crippen LogP contribution in [0.4, 0.5) is 0 Å². The van der Waals surface area contributed by atoms with Crippen LogP contribution in [0.3, 0.4) is 0 Å². The summed E-state index contributed by atoms with van der Waals surface area (Å²) in [5.74, 6) is 0. The van der Waals surface area contributed by atoms with E-state index in [-0.39, 0.29) is 22.7 Å². The average Bonchev–Trinajstić information content (AvgIpc) is 3.13. The van der Waals surface area contributed by atoms with Gasteiger partial charge in [0.05, 0.1) is 24.7 Å². The predicted molar refractivity (Wildman–Crippen MR) is 102 cm³/mol. The highest BCUT2D eigenvalue weighted by Crippen LogP contribution is 2.28. The van der Waals surface area contributed by atoms with Gasteiger partial charge in [-0.05, 0) is 38.1 Å². The summed E-state index contributed by atoms with van der Waals surface area (Å²) in [5.41, 5.74) is 0.654. The Morgan fingerprint density at radius 3 is 2.62 bits per heavy atom. The van der Waals surface area contributed by atoms with Crippen molar-refractivity contribution in [3.8, 4) is 5.69 Å². The molecule has 3 rings (SSSR count). The van der Waals surface area contributed by atoms with E-state index in [1.54, 1.807) is 11.8 Å². The summed E-state index contributed by atoms with van der Waals surface area (Å²) in [6.07, 6.45) is 4.67. The molecule has 7 nitrogen and oxygen atoms in total. The zero-order valence-electron chi connectivity index (χ0n) is 14.7. The Hall–Kier alpha value is -1.45. The maximum atomic E-state index is 12.6. The number of halogens is 1. The Bertz CT molecular complexity index is 784. The van der Waals surface area contributed by atoms with Crippen LogP contribution in [0.15, 0.2) is 47.6 Å². The molecule has 0 spiro atoms. The number of nitrogens with one attached hydrogen (secondary N) is 2. The van der Waals surface area contributed by atoms with Crippen molar-refractivity contribution in [3.05, 3.63) is 42.7 Å². The van der Waals surface area contributed by atoms with Crippen LogP contribution in [0, 0.1) is 5.41 Å². The van der Waals surface area contributed by atoms with E-state index in [1.807, 2.05) is 30.3 Å². The quantitative estimate of drug-likeness (QED) is 0.737. The number of hydrogen-bond donors (Lipinski definition) is 2. The molecule has 0 unspecified atom stereocenters. The molecule has 0 saturated carbocycles. The molecule has 26 heavy (non-hydrogen) atoms. The number of piperidine rings is 1. The van der Waals surface area contributed by atoms with Gasteiger partial charge in [-0.25, -0.2) is 17.8 Å². The minimum absolute atomic E-state index is 0. The molecule has 1 fully saturated rings. The lowest BCUT2D eigenvalue weighted by Gasteiger charge is -2.37. The summed E-state index contributed by atoms with van der Waals surface area (Å²) in [6, 6.07) is 9.42. The van der Waals surface area contributed by atoms with Gasteiger partial charge in [0.15, 0.2) is 0 Å². The molecule has 2 aromatic rings. The average molecular weight is 401 g/mol. The number of sulfonamides is 1. The first-order chi connectivity index (χ1) is 12.0. The Morgan fingerprint density at radius 1 is 1.27 bits per heavy atom. The molecule has 1 aromatic heterocycles. The van der Waals surface area contributed by atoms with Gasteiger partial charge in [-0.15, -0.1) is 12.4 Å². The van der Waals surface area contributed by atoms with Crippen LogP contribution in [0.2, 0.25) is 0 Å². The lowest BCUT2D eigenvalue weighted by Crippen LogP contribution is -2.47. The van der Waals surface area contributed by atoms with Crippen molar-refractivity contribution in [2.75, 3.05) is 33.4 Å². The van der Waals surface area contributed by atoms with Crippen molar-refractivity contribution < 1.29 is 13.2 Å². The molecule has 0 bridgehead atoms. The summed E-state index contributed by atoms with van der Waals surface area (Å²) in [6.45, 7) is 2.65. The molecule has 144 valence electrons. The minimum atomic E-state index is -3.61. The summed E-state index contributed by atoms with van der Waals surface area (Å²) in [4.78, 5) is 0.165. The monoisotopic (exact) mass is 400 g/mol. The fraction of sp³-hybridized carbons (Fsp3) is 0.471. The van der Waals surface area contributed by atoms with E-state index in [4.69, 9.17) is 4.74 Å². The van der Waals surface area contributed by atoms with E-state index in [1.165, 1.54) is 12.4 Å². The molecule has 0 atom stereocenters. The highest BCUT2D eigenvalue weighted by molar-refractivity contribution is 7.89. The van der Waals surface area contributed by atoms with Crippen LogP contribution in [0.25, 0.3) is 5.69 Å². The molecule has 2 heterocycles. The Labute approximate surface area is 160 Å². The van der Waals surface area contributed by atoms with Gasteiger partial charge in [0.2, 0.25) is 10.0 Å². The second-order valence-electron chi connectivity index (χ2n) is 6.46. The van der Waals surface area contributed by atoms with Gasteiger partial charge in [0, 0.05) is 19.1 Å². The molecule has 0 amide bonds. The number of methoxy groups -OCH3 is 1. The van der Waals surface area contributed by atoms with Crippen LogP contribution < -0.4 is 10.0 Å². The number of rotatable bonds is 7. The van der Waals surface area contributed by atoms with Crippen molar-refractivity contribution >= 4 is 22.4 Å². The standard InChI is InChI=1S/C17H24N4O3S.ClH/c1-24-14-17(7-9-18-10-8-17)13-20-25(22,23)16-11-19-21(12-16)15-5-3-2-4-6-15;/h2-6,11-12,18,20H,7-10,13-14H2,1H3;1H. The predicted octanol–water partition coefficient (Wildman–Crippen LogP) is 1.59. The second kappa shape index (κ2) is 8.96. The van der Waals surface area contributed by atoms with Crippen LogP contribution in [-0.2, 0) is 14.8 Å². The SMILES string of the molecule is COCC1(CNS(=O)(=O)c2cnn(-c3ccccc3)c2)CCNCC1.Cl. The molecule has 1 saturated heterocycles. The maximum Gasteiger partial charge on any atom is 0.243 e. The highest BCUT2D eigenvalue weighted by Gasteiger charge is 2.33. The Balaban J connectivity index is 0.00000243. The fourth-order valence-corrected chi connectivity index (χ4v) is 4.22. The molecule has 0 radical (unpaired) electrons. The van der Waals surface area contributed by atoms with E-state index >= 15 is 0 Å². The first kappa shape index (κ1) is 20.9. The van der Waals surface area contributed by atoms with Gasteiger partial charge in [-0.2, -0.15) is 5.10 Å². The third-order valence-electron chi connectivity index (χ3n) is 4.64. The van der Waals surface area contributed by atoms with Crippen LogP contribution in [0.1, 0.15) is 12.8 Å². The number of ether oxygens (including phenoxy) is 1. The molecule has 9 heteroatoms. The number of para-hydroxylation sites is 1. The van der Waals surface area contributed by atoms with Gasteiger partial charge in [0.25, 0.3) is 0 Å². The zero-order chi connectivity index (χ0) is 17.8. The topological polar surface area (TPSA) is 85.2 Å². The van der Waals surface area contributed by atoms with E-state index < -0.39 is 10.0 Å². The number of nitrogens with zero attached hydrogens (tertiary/aromatic N) is 2. The number of hydrogen-bond acceptors (Lipinski definition) is 5.